The molecule has 8 heteroatoms. The van der Waals surface area contributed by atoms with E-state index in [4.69, 9.17) is 5.11 Å². The Labute approximate surface area is 108 Å². The fourth-order valence-corrected chi connectivity index (χ4v) is 1.62. The summed E-state index contributed by atoms with van der Waals surface area (Å²) >= 11 is 0. The second-order valence-electron chi connectivity index (χ2n) is 4.04. The molecule has 2 N–H and O–H groups in total. The SMILES string of the molecule is Cc1cc(NC(=O)c2ccn(CC(=O)O)n2)n(C)n1. The number of carbonyl (C=O) groups is 2. The molecule has 0 saturated heterocycles. The van der Waals surface area contributed by atoms with Crippen molar-refractivity contribution in [2.45, 2.75) is 13.5 Å². The fraction of sp³-hybridized carbons (Fsp3) is 0.273. The van der Waals surface area contributed by atoms with Crippen molar-refractivity contribution in [2.75, 3.05) is 5.32 Å². The molecule has 2 heterocycles. The number of hydrogen-bond acceptors (Lipinski definition) is 4. The van der Waals surface area contributed by atoms with Gasteiger partial charge in [-0.3, -0.25) is 19.0 Å². The average molecular weight is 263 g/mol. The first-order valence-electron chi connectivity index (χ1n) is 5.53. The predicted octanol–water partition coefficient (Wildman–Crippen LogP) is 0.262. The second kappa shape index (κ2) is 4.92. The van der Waals surface area contributed by atoms with Crippen molar-refractivity contribution in [2.24, 2.45) is 7.05 Å². The topological polar surface area (TPSA) is 102 Å². The molecule has 0 fully saturated rings. The molecule has 0 unspecified atom stereocenters. The lowest BCUT2D eigenvalue weighted by molar-refractivity contribution is -0.137. The number of aryl methyl sites for hydroxylation is 2. The Balaban J connectivity index is 2.09. The van der Waals surface area contributed by atoms with Crippen LogP contribution >= 0.6 is 0 Å². The van der Waals surface area contributed by atoms with E-state index in [1.807, 2.05) is 6.92 Å². The molecule has 2 aromatic heterocycles. The lowest BCUT2D eigenvalue weighted by Crippen LogP contribution is -2.16. The number of rotatable bonds is 4. The Morgan fingerprint density at radius 3 is 2.74 bits per heavy atom. The molecule has 1 amide bonds. The van der Waals surface area contributed by atoms with Crippen LogP contribution in [0.1, 0.15) is 16.2 Å². The molecule has 0 aliphatic carbocycles. The van der Waals surface area contributed by atoms with Crippen molar-refractivity contribution >= 4 is 17.7 Å². The van der Waals surface area contributed by atoms with Gasteiger partial charge in [-0.1, -0.05) is 0 Å². The maximum atomic E-state index is 11.9. The van der Waals surface area contributed by atoms with Gasteiger partial charge in [0.1, 0.15) is 12.4 Å². The van der Waals surface area contributed by atoms with Gasteiger partial charge in [0.25, 0.3) is 5.91 Å². The number of aromatic nitrogens is 4. The molecule has 19 heavy (non-hydrogen) atoms. The smallest absolute Gasteiger partial charge is 0.325 e. The van der Waals surface area contributed by atoms with E-state index in [9.17, 15) is 9.59 Å². The van der Waals surface area contributed by atoms with Crippen LogP contribution in [0.3, 0.4) is 0 Å². The van der Waals surface area contributed by atoms with Crippen LogP contribution < -0.4 is 5.32 Å². The number of amides is 1. The summed E-state index contributed by atoms with van der Waals surface area (Å²) in [4.78, 5) is 22.4. The molecule has 0 aliphatic heterocycles. The summed E-state index contributed by atoms with van der Waals surface area (Å²) in [6.07, 6.45) is 1.44. The van der Waals surface area contributed by atoms with E-state index in [0.717, 1.165) is 5.69 Å². The minimum absolute atomic E-state index is 0.153. The van der Waals surface area contributed by atoms with E-state index in [2.05, 4.69) is 15.5 Å². The van der Waals surface area contributed by atoms with Gasteiger partial charge in [0.05, 0.1) is 5.69 Å². The van der Waals surface area contributed by atoms with Gasteiger partial charge in [0.15, 0.2) is 5.69 Å². The van der Waals surface area contributed by atoms with E-state index in [1.54, 1.807) is 17.8 Å². The zero-order valence-electron chi connectivity index (χ0n) is 10.5. The lowest BCUT2D eigenvalue weighted by Gasteiger charge is -2.02. The molecule has 2 aromatic rings. The third kappa shape index (κ3) is 2.97. The highest BCUT2D eigenvalue weighted by molar-refractivity contribution is 6.02. The summed E-state index contributed by atoms with van der Waals surface area (Å²) in [6.45, 7) is 1.54. The maximum Gasteiger partial charge on any atom is 0.325 e. The van der Waals surface area contributed by atoms with Crippen LogP contribution in [0.2, 0.25) is 0 Å². The minimum atomic E-state index is -1.02. The second-order valence-corrected chi connectivity index (χ2v) is 4.04. The molecule has 0 bridgehead atoms. The van der Waals surface area contributed by atoms with Crippen molar-refractivity contribution in [1.29, 1.82) is 0 Å². The number of hydrogen-bond donors (Lipinski definition) is 2. The average Bonchev–Trinajstić information content (AvgIpc) is 2.86. The van der Waals surface area contributed by atoms with Crippen LogP contribution in [0, 0.1) is 6.92 Å². The van der Waals surface area contributed by atoms with Crippen LogP contribution in [0.25, 0.3) is 0 Å². The van der Waals surface area contributed by atoms with Gasteiger partial charge in [0, 0.05) is 19.3 Å². The molecule has 8 nitrogen and oxygen atoms in total. The highest BCUT2D eigenvalue weighted by Crippen LogP contribution is 2.09. The Kier molecular flexibility index (Phi) is 3.32. The van der Waals surface area contributed by atoms with Gasteiger partial charge in [-0.15, -0.1) is 0 Å². The van der Waals surface area contributed by atoms with E-state index in [1.165, 1.54) is 16.9 Å². The van der Waals surface area contributed by atoms with Crippen molar-refractivity contribution < 1.29 is 14.7 Å². The number of anilines is 1. The molecule has 2 rings (SSSR count). The fourth-order valence-electron chi connectivity index (χ4n) is 1.62. The first-order chi connectivity index (χ1) is 8.95. The van der Waals surface area contributed by atoms with Gasteiger partial charge in [0.2, 0.25) is 0 Å². The normalized spacial score (nSPS) is 10.4. The standard InChI is InChI=1S/C11H13N5O3/c1-7-5-9(15(2)13-7)12-11(19)8-3-4-16(14-8)6-10(17)18/h3-5H,6H2,1-2H3,(H,12,19)(H,17,18). The number of aliphatic carboxylic acids is 1. The quantitative estimate of drug-likeness (QED) is 0.823. The van der Waals surface area contributed by atoms with Gasteiger partial charge < -0.3 is 10.4 Å². The largest absolute Gasteiger partial charge is 0.480 e. The Hall–Kier alpha value is -2.64. The molecule has 100 valence electrons. The van der Waals surface area contributed by atoms with Crippen LogP contribution in [-0.2, 0) is 18.4 Å². The van der Waals surface area contributed by atoms with Crippen molar-refractivity contribution in [3.05, 3.63) is 29.7 Å². The number of carboxylic acids is 1. The van der Waals surface area contributed by atoms with Crippen LogP contribution in [-0.4, -0.2) is 36.5 Å². The minimum Gasteiger partial charge on any atom is -0.480 e. The number of carbonyl (C=O) groups excluding carboxylic acids is 1. The van der Waals surface area contributed by atoms with Crippen molar-refractivity contribution in [3.8, 4) is 0 Å². The van der Waals surface area contributed by atoms with Crippen LogP contribution in [0.4, 0.5) is 5.82 Å². The zero-order chi connectivity index (χ0) is 14.0. The summed E-state index contributed by atoms with van der Waals surface area (Å²) in [5, 5.41) is 19.2. The Morgan fingerprint density at radius 2 is 2.16 bits per heavy atom. The highest BCUT2D eigenvalue weighted by atomic mass is 16.4. The Bertz CT molecular complexity index is 628. The third-order valence-electron chi connectivity index (χ3n) is 2.41. The lowest BCUT2D eigenvalue weighted by atomic mass is 10.4. The molecule has 0 saturated carbocycles. The number of nitrogens with one attached hydrogen (secondary N) is 1. The third-order valence-corrected chi connectivity index (χ3v) is 2.41. The molecule has 0 atom stereocenters. The van der Waals surface area contributed by atoms with Crippen molar-refractivity contribution in [1.82, 2.24) is 19.6 Å². The monoisotopic (exact) mass is 263 g/mol. The van der Waals surface area contributed by atoms with E-state index in [-0.39, 0.29) is 12.2 Å². The van der Waals surface area contributed by atoms with E-state index >= 15 is 0 Å². The van der Waals surface area contributed by atoms with Gasteiger partial charge in [-0.2, -0.15) is 10.2 Å². The first-order valence-corrected chi connectivity index (χ1v) is 5.53. The summed E-state index contributed by atoms with van der Waals surface area (Å²) in [7, 11) is 1.71. The number of nitrogens with zero attached hydrogens (tertiary/aromatic N) is 4. The first kappa shape index (κ1) is 12.8. The molecule has 0 radical (unpaired) electrons. The molecule has 0 aromatic carbocycles. The van der Waals surface area contributed by atoms with E-state index < -0.39 is 11.9 Å². The summed E-state index contributed by atoms with van der Waals surface area (Å²) in [6, 6.07) is 3.19. The molecule has 0 aliphatic rings. The molecular weight excluding hydrogens is 250 g/mol. The van der Waals surface area contributed by atoms with Gasteiger partial charge in [-0.25, -0.2) is 0 Å². The summed E-state index contributed by atoms with van der Waals surface area (Å²) in [5.74, 6) is -0.875. The molecular formula is C11H13N5O3. The number of carboxylic acid groups (broad SMARTS) is 1. The van der Waals surface area contributed by atoms with Crippen molar-refractivity contribution in [3.63, 3.8) is 0 Å². The van der Waals surface area contributed by atoms with Crippen LogP contribution in [0.5, 0.6) is 0 Å². The Morgan fingerprint density at radius 1 is 1.42 bits per heavy atom. The summed E-state index contributed by atoms with van der Waals surface area (Å²) < 4.78 is 2.73. The predicted molar refractivity (Wildman–Crippen MR) is 65.8 cm³/mol. The molecule has 0 spiro atoms. The van der Waals surface area contributed by atoms with Gasteiger partial charge >= 0.3 is 5.97 Å². The maximum absolute atomic E-state index is 11.9. The van der Waals surface area contributed by atoms with E-state index in [0.29, 0.717) is 5.82 Å². The van der Waals surface area contributed by atoms with Gasteiger partial charge in [-0.05, 0) is 13.0 Å². The highest BCUT2D eigenvalue weighted by Gasteiger charge is 2.13. The van der Waals surface area contributed by atoms with Crippen LogP contribution in [0.15, 0.2) is 18.3 Å². The summed E-state index contributed by atoms with van der Waals surface area (Å²) in [5.41, 5.74) is 0.939. The zero-order valence-corrected chi connectivity index (χ0v) is 10.5.